The van der Waals surface area contributed by atoms with Crippen LogP contribution in [0.15, 0.2) is 24.3 Å². The van der Waals surface area contributed by atoms with E-state index in [1.54, 1.807) is 7.05 Å². The molecule has 1 heterocycles. The van der Waals surface area contributed by atoms with Gasteiger partial charge in [-0.25, -0.2) is 4.79 Å². The fourth-order valence-electron chi connectivity index (χ4n) is 6.90. The highest BCUT2D eigenvalue weighted by atomic mass is 16.5. The quantitative estimate of drug-likeness (QED) is 0.0336. The smallest absolute Gasteiger partial charge is 0.329 e. The number of nitrogens with one attached hydrogen (secondary N) is 10. The summed E-state index contributed by atoms with van der Waals surface area (Å²) in [5, 5.41) is 60.9. The molecule has 0 radical (unpaired) electrons. The Morgan fingerprint density at radius 2 is 1.17 bits per heavy atom. The SMILES string of the molecule is CNCCCC1NC(=O)CNC(=O)C(N)C(C)OC(=O)C(CC(=O)c2ccccc2N)NC(=O)C(C(C)CC(=O)O)NC(=O)C(CO)NC(=O)CNC(=O)C(CC(=O)O)NC(=O)C(C)NC(=O)C(CC(=O)O)NC1=O. The van der Waals surface area contributed by atoms with Gasteiger partial charge in [-0.15, -0.1) is 0 Å². The predicted octanol–water partition coefficient (Wildman–Crippen LogP) is -7.19. The van der Waals surface area contributed by atoms with Gasteiger partial charge >= 0.3 is 23.9 Å². The zero-order chi connectivity index (χ0) is 56.7. The number of aliphatic hydroxyl groups is 1. The van der Waals surface area contributed by atoms with Crippen molar-refractivity contribution >= 4 is 88.5 Å². The Hall–Kier alpha value is -8.32. The number of carbonyl (C=O) groups is 14. The number of cyclic esters (lactones) is 1. The lowest BCUT2D eigenvalue weighted by atomic mass is 9.96. The molecule has 10 atom stereocenters. The summed E-state index contributed by atoms with van der Waals surface area (Å²) >= 11 is 0. The van der Waals surface area contributed by atoms with E-state index in [0.717, 1.165) is 13.8 Å². The van der Waals surface area contributed by atoms with Crippen LogP contribution in [0, 0.1) is 5.92 Å². The van der Waals surface area contributed by atoms with Gasteiger partial charge in [-0.05, 0) is 58.3 Å². The van der Waals surface area contributed by atoms with E-state index >= 15 is 0 Å². The molecule has 2 rings (SSSR count). The summed E-state index contributed by atoms with van der Waals surface area (Å²) in [6.45, 7) is 0.540. The van der Waals surface area contributed by atoms with Gasteiger partial charge in [0.2, 0.25) is 53.2 Å². The van der Waals surface area contributed by atoms with E-state index < -0.39 is 189 Å². The number of carboxylic acids is 3. The predicted molar refractivity (Wildman–Crippen MR) is 255 cm³/mol. The van der Waals surface area contributed by atoms with Gasteiger partial charge in [0.15, 0.2) is 5.78 Å². The van der Waals surface area contributed by atoms with Gasteiger partial charge < -0.3 is 89.8 Å². The lowest BCUT2D eigenvalue weighted by Gasteiger charge is -2.28. The number of benzene rings is 1. The number of aliphatic hydroxyl groups excluding tert-OH is 1. The van der Waals surface area contributed by atoms with Crippen LogP contribution in [0.2, 0.25) is 0 Å². The molecule has 0 aromatic heterocycles. The third-order valence-electron chi connectivity index (χ3n) is 11.0. The van der Waals surface area contributed by atoms with Crippen LogP contribution in [0.25, 0.3) is 0 Å². The monoisotopic (exact) mass is 1060 g/mol. The number of carboxylic acid groups (broad SMARTS) is 3. The second-order valence-corrected chi connectivity index (χ2v) is 17.2. The number of Topliss-reactive ketones (excluding diaryl/α,β-unsaturated/α-hetero) is 1. The van der Waals surface area contributed by atoms with E-state index in [1.807, 2.05) is 10.6 Å². The number of aliphatic carboxylic acids is 3. The number of amides is 9. The van der Waals surface area contributed by atoms with Crippen LogP contribution in [0.5, 0.6) is 0 Å². The van der Waals surface area contributed by atoms with Crippen molar-refractivity contribution in [2.24, 2.45) is 11.7 Å². The van der Waals surface area contributed by atoms with Gasteiger partial charge in [-0.2, -0.15) is 0 Å². The lowest BCUT2D eigenvalue weighted by molar-refractivity contribution is -0.155. The fourth-order valence-corrected chi connectivity index (χ4v) is 6.90. The van der Waals surface area contributed by atoms with Crippen molar-refractivity contribution in [3.05, 3.63) is 29.8 Å². The van der Waals surface area contributed by atoms with Crippen molar-refractivity contribution in [3.63, 3.8) is 0 Å². The van der Waals surface area contributed by atoms with Gasteiger partial charge in [0, 0.05) is 17.7 Å². The maximum atomic E-state index is 14.0. The number of ketones is 1. The normalized spacial score (nSPS) is 25.3. The Bertz CT molecular complexity index is 2320. The highest BCUT2D eigenvalue weighted by molar-refractivity contribution is 6.04. The molecule has 0 aliphatic carbocycles. The largest absolute Gasteiger partial charge is 0.481 e. The summed E-state index contributed by atoms with van der Waals surface area (Å²) in [5.74, 6) is -19.2. The molecule has 18 N–H and O–H groups in total. The number of hydrogen-bond donors (Lipinski definition) is 16. The van der Waals surface area contributed by atoms with Crippen molar-refractivity contribution in [1.82, 2.24) is 53.2 Å². The number of anilines is 1. The Labute approximate surface area is 427 Å². The number of rotatable bonds is 15. The number of nitrogen functional groups attached to an aromatic ring is 1. The first kappa shape index (κ1) is 62.8. The first-order valence-electron chi connectivity index (χ1n) is 23.1. The topological polar surface area (TPSA) is 501 Å². The molecule has 0 saturated carbocycles. The minimum absolute atomic E-state index is 0.0419. The molecule has 1 aliphatic heterocycles. The molecule has 1 aromatic carbocycles. The van der Waals surface area contributed by atoms with Crippen LogP contribution in [-0.2, 0) is 67.1 Å². The second-order valence-electron chi connectivity index (χ2n) is 17.2. The summed E-state index contributed by atoms with van der Waals surface area (Å²) in [6, 6.07) is -9.07. The van der Waals surface area contributed by atoms with Crippen LogP contribution in [0.3, 0.4) is 0 Å². The molecule has 0 bridgehead atoms. The van der Waals surface area contributed by atoms with Crippen LogP contribution in [-0.4, -0.2) is 191 Å². The van der Waals surface area contributed by atoms with Gasteiger partial charge in [-0.3, -0.25) is 62.3 Å². The van der Waals surface area contributed by atoms with Crippen molar-refractivity contribution in [2.75, 3.05) is 39.0 Å². The third-order valence-corrected chi connectivity index (χ3v) is 11.0. The molecule has 1 saturated heterocycles. The number of para-hydroxylation sites is 1. The molecule has 75 heavy (non-hydrogen) atoms. The number of nitrogens with two attached hydrogens (primary N) is 2. The van der Waals surface area contributed by atoms with E-state index in [9.17, 15) is 87.5 Å². The molecule has 31 nitrogen and oxygen atoms in total. The maximum absolute atomic E-state index is 14.0. The molecule has 1 aromatic rings. The van der Waals surface area contributed by atoms with Crippen LogP contribution in [0.4, 0.5) is 5.69 Å². The third kappa shape index (κ3) is 21.4. The summed E-state index contributed by atoms with van der Waals surface area (Å²) in [6.07, 6.45) is -5.41. The summed E-state index contributed by atoms with van der Waals surface area (Å²) in [7, 11) is 1.58. The molecule has 31 heteroatoms. The highest BCUT2D eigenvalue weighted by Crippen LogP contribution is 2.17. The van der Waals surface area contributed by atoms with E-state index in [4.69, 9.17) is 16.2 Å². The zero-order valence-electron chi connectivity index (χ0n) is 41.2. The fraction of sp³-hybridized carbons (Fsp3) is 0.545. The average molecular weight is 1070 g/mol. The van der Waals surface area contributed by atoms with Crippen molar-refractivity contribution < 1.29 is 92.3 Å². The van der Waals surface area contributed by atoms with Crippen molar-refractivity contribution in [1.29, 1.82) is 0 Å². The second kappa shape index (κ2) is 30.7. The molecular weight excluding hydrogens is 1000 g/mol. The number of ether oxygens (including phenoxy) is 1. The molecular formula is C44H64N12O19. The Morgan fingerprint density at radius 1 is 0.653 bits per heavy atom. The average Bonchev–Trinajstić information content (AvgIpc) is 3.33. The van der Waals surface area contributed by atoms with E-state index in [1.165, 1.54) is 31.2 Å². The molecule has 414 valence electrons. The van der Waals surface area contributed by atoms with Gasteiger partial charge in [0.1, 0.15) is 54.4 Å². The molecule has 1 aliphatic rings. The van der Waals surface area contributed by atoms with Gasteiger partial charge in [0.05, 0.1) is 39.0 Å². The number of esters is 1. The highest BCUT2D eigenvalue weighted by Gasteiger charge is 2.38. The minimum atomic E-state index is -1.99. The van der Waals surface area contributed by atoms with Crippen LogP contribution < -0.4 is 64.6 Å². The molecule has 0 spiro atoms. The first-order chi connectivity index (χ1) is 35.2. The summed E-state index contributed by atoms with van der Waals surface area (Å²) in [4.78, 5) is 183. The van der Waals surface area contributed by atoms with Crippen LogP contribution >= 0.6 is 0 Å². The molecule has 10 unspecified atom stereocenters. The van der Waals surface area contributed by atoms with Gasteiger partial charge in [0.25, 0.3) is 0 Å². The number of hydrogen-bond acceptors (Lipinski definition) is 19. The zero-order valence-corrected chi connectivity index (χ0v) is 41.2. The lowest BCUT2D eigenvalue weighted by Crippen LogP contribution is -2.60. The Morgan fingerprint density at radius 3 is 1.73 bits per heavy atom. The molecule has 9 amide bonds. The van der Waals surface area contributed by atoms with E-state index in [2.05, 4.69) is 42.5 Å². The van der Waals surface area contributed by atoms with Gasteiger partial charge in [-0.1, -0.05) is 19.1 Å². The summed E-state index contributed by atoms with van der Waals surface area (Å²) in [5.41, 5.74) is 11.9. The minimum Gasteiger partial charge on any atom is -0.481 e. The van der Waals surface area contributed by atoms with Crippen LogP contribution in [0.1, 0.15) is 69.7 Å². The Balaban J connectivity index is 2.66. The van der Waals surface area contributed by atoms with Crippen molar-refractivity contribution in [3.8, 4) is 0 Å². The number of carbonyl (C=O) groups excluding carboxylic acids is 11. The van der Waals surface area contributed by atoms with E-state index in [-0.39, 0.29) is 24.1 Å². The Kier molecular flexibility index (Phi) is 25.7. The van der Waals surface area contributed by atoms with Crippen molar-refractivity contribution in [2.45, 2.75) is 114 Å². The first-order valence-corrected chi connectivity index (χ1v) is 23.1. The van der Waals surface area contributed by atoms with E-state index in [0.29, 0.717) is 6.54 Å². The molecule has 1 fully saturated rings. The summed E-state index contributed by atoms with van der Waals surface area (Å²) < 4.78 is 5.40. The maximum Gasteiger partial charge on any atom is 0.329 e. The standard InChI is InChI=1S/C44H64N12O19/c1-19(12-32(61)62)36-43(73)55-27(13-29(58)22-8-5-6-9-23(22)45)44(74)75-21(3)35(46)42(72)49-17-30(59)51-24(10-7-11-47-4)39(69)54-26(15-34(65)66)40(70)50-20(2)37(67)53-25(14-33(63)64)38(68)48-16-31(60)52-28(18-57)41(71)56-36/h5-6,8-9,19-21,24-28,35-36,47,57H,7,10-18,45-46H2,1-4H3,(H,48,68)(H,49,72)(H,50,70)(H,51,59)(H,52,60)(H,53,67)(H,54,69)(H,55,73)(H,56,71)(H,61,62)(H,63,64)(H,65,66).